The second-order valence-corrected chi connectivity index (χ2v) is 6.41. The molecule has 1 aliphatic heterocycles. The molecule has 2 atom stereocenters. The molecule has 2 unspecified atom stereocenters. The van der Waals surface area contributed by atoms with Gasteiger partial charge in [-0.2, -0.15) is 5.26 Å². The van der Waals surface area contributed by atoms with E-state index in [4.69, 9.17) is 14.7 Å². The van der Waals surface area contributed by atoms with Crippen LogP contribution in [0.1, 0.15) is 46.8 Å². The largest absolute Gasteiger partial charge is 0.452 e. The summed E-state index contributed by atoms with van der Waals surface area (Å²) >= 11 is 0. The number of rotatable bonds is 2. The molecule has 1 heterocycles. The van der Waals surface area contributed by atoms with Gasteiger partial charge in [-0.25, -0.2) is 0 Å². The zero-order valence-electron chi connectivity index (χ0n) is 13.2. The summed E-state index contributed by atoms with van der Waals surface area (Å²) in [7, 11) is 0. The number of carbonyl (C=O) groups excluding carboxylic acids is 1. The molecule has 0 saturated heterocycles. The Morgan fingerprint density at radius 3 is 2.67 bits per heavy atom. The van der Waals surface area contributed by atoms with Gasteiger partial charge in [-0.05, 0) is 17.5 Å². The number of nitrogens with zero attached hydrogens (tertiary/aromatic N) is 1. The fourth-order valence-electron chi connectivity index (χ4n) is 3.61. The Labute approximate surface area is 139 Å². The van der Waals surface area contributed by atoms with Crippen LogP contribution in [0.2, 0.25) is 0 Å². The van der Waals surface area contributed by atoms with E-state index in [1.807, 2.05) is 19.9 Å². The molecule has 24 heavy (non-hydrogen) atoms. The highest BCUT2D eigenvalue weighted by Gasteiger charge is 2.73. The number of carbonyl (C=O) groups is 1. The lowest BCUT2D eigenvalue weighted by Gasteiger charge is -2.30. The second kappa shape index (κ2) is 4.59. The van der Waals surface area contributed by atoms with Crippen molar-refractivity contribution in [1.29, 1.82) is 5.26 Å². The first-order valence-electron chi connectivity index (χ1n) is 7.73. The number of aliphatic hydroxyl groups is 1. The van der Waals surface area contributed by atoms with Crippen molar-refractivity contribution in [1.82, 2.24) is 0 Å². The van der Waals surface area contributed by atoms with Crippen LogP contribution in [0.5, 0.6) is 5.75 Å². The Kier molecular flexibility index (Phi) is 2.82. The molecule has 4 rings (SSSR count). The highest BCUT2D eigenvalue weighted by atomic mass is 16.7. The summed E-state index contributed by atoms with van der Waals surface area (Å²) in [5.74, 6) is -1.90. The zero-order valence-corrected chi connectivity index (χ0v) is 13.2. The van der Waals surface area contributed by atoms with E-state index >= 15 is 0 Å². The second-order valence-electron chi connectivity index (χ2n) is 6.41. The van der Waals surface area contributed by atoms with Crippen LogP contribution in [0, 0.1) is 11.5 Å². The van der Waals surface area contributed by atoms with Gasteiger partial charge in [0.05, 0.1) is 5.56 Å². The van der Waals surface area contributed by atoms with Gasteiger partial charge in [-0.15, -0.1) is 0 Å². The Morgan fingerprint density at radius 1 is 1.21 bits per heavy atom. The van der Waals surface area contributed by atoms with E-state index in [1.54, 1.807) is 42.7 Å². The Balaban J connectivity index is 2.01. The molecule has 1 N–H and O–H groups in total. The van der Waals surface area contributed by atoms with Gasteiger partial charge in [0, 0.05) is 11.1 Å². The number of Topliss-reactive ketones (excluding diaryl/α,β-unsaturated/α-hetero) is 1. The maximum Gasteiger partial charge on any atom is 0.289 e. The van der Waals surface area contributed by atoms with E-state index < -0.39 is 17.2 Å². The predicted molar refractivity (Wildman–Crippen MR) is 84.2 cm³/mol. The summed E-state index contributed by atoms with van der Waals surface area (Å²) in [6.45, 7) is 4.07. The minimum atomic E-state index is -2.05. The summed E-state index contributed by atoms with van der Waals surface area (Å²) in [5.41, 5.74) is 0.0970. The molecule has 2 aromatic rings. The minimum absolute atomic E-state index is 0.254. The fraction of sp³-hybridized carbons (Fsp3) is 0.263. The lowest BCUT2D eigenvalue weighted by molar-refractivity contribution is -0.223. The molecular formula is C19H15NO4. The molecular weight excluding hydrogens is 306 g/mol. The summed E-state index contributed by atoms with van der Waals surface area (Å²) < 4.78 is 11.0. The van der Waals surface area contributed by atoms with E-state index in [2.05, 4.69) is 0 Å². The third-order valence-corrected chi connectivity index (χ3v) is 4.84. The smallest absolute Gasteiger partial charge is 0.289 e. The van der Waals surface area contributed by atoms with Gasteiger partial charge in [0.25, 0.3) is 17.6 Å². The SMILES string of the molecule is CC(C)c1ccc2c(c1)OC1(O)c3ccccc3C(=O)C21OC#N. The van der Waals surface area contributed by atoms with Gasteiger partial charge >= 0.3 is 0 Å². The zero-order chi connectivity index (χ0) is 17.1. The molecule has 0 aromatic heterocycles. The van der Waals surface area contributed by atoms with Crippen molar-refractivity contribution in [3.63, 3.8) is 0 Å². The van der Waals surface area contributed by atoms with E-state index in [0.29, 0.717) is 22.4 Å². The van der Waals surface area contributed by atoms with Crippen molar-refractivity contribution in [3.05, 3.63) is 64.7 Å². The molecule has 0 bridgehead atoms. The van der Waals surface area contributed by atoms with Crippen LogP contribution in [0.15, 0.2) is 42.5 Å². The summed E-state index contributed by atoms with van der Waals surface area (Å²) in [6.07, 6.45) is 1.58. The predicted octanol–water partition coefficient (Wildman–Crippen LogP) is 2.94. The van der Waals surface area contributed by atoms with Gasteiger partial charge in [-0.1, -0.05) is 50.2 Å². The summed E-state index contributed by atoms with van der Waals surface area (Å²) in [5, 5.41) is 20.4. The third-order valence-electron chi connectivity index (χ3n) is 4.84. The van der Waals surface area contributed by atoms with Gasteiger partial charge in [0.15, 0.2) is 0 Å². The molecule has 0 radical (unpaired) electrons. The molecule has 1 aliphatic carbocycles. The number of hydrogen-bond donors (Lipinski definition) is 1. The number of fused-ring (bicyclic) bond motifs is 5. The summed E-state index contributed by atoms with van der Waals surface area (Å²) in [4.78, 5) is 13.1. The number of ketones is 1. The number of benzene rings is 2. The monoisotopic (exact) mass is 321 g/mol. The maximum atomic E-state index is 13.1. The Morgan fingerprint density at radius 2 is 1.96 bits per heavy atom. The number of ether oxygens (including phenoxy) is 2. The van der Waals surface area contributed by atoms with Crippen molar-refractivity contribution in [2.24, 2.45) is 0 Å². The van der Waals surface area contributed by atoms with Gasteiger partial charge in [0.2, 0.25) is 5.78 Å². The fourth-order valence-corrected chi connectivity index (χ4v) is 3.61. The van der Waals surface area contributed by atoms with Crippen molar-refractivity contribution in [2.75, 3.05) is 0 Å². The average Bonchev–Trinajstić information content (AvgIpc) is 2.93. The van der Waals surface area contributed by atoms with Crippen LogP contribution in [0.25, 0.3) is 0 Å². The third kappa shape index (κ3) is 1.49. The standard InChI is InChI=1S/C19H15NO4/c1-11(2)12-7-8-15-16(9-12)24-19(22)14-6-4-3-5-13(14)17(21)18(15,19)23-10-20/h3-9,11,22H,1-2H3. The van der Waals surface area contributed by atoms with Crippen LogP contribution in [0.4, 0.5) is 0 Å². The molecule has 0 amide bonds. The van der Waals surface area contributed by atoms with Crippen LogP contribution < -0.4 is 4.74 Å². The Bertz CT molecular complexity index is 914. The maximum absolute atomic E-state index is 13.1. The van der Waals surface area contributed by atoms with Crippen LogP contribution in [-0.2, 0) is 16.1 Å². The van der Waals surface area contributed by atoms with Crippen molar-refractivity contribution < 1.29 is 19.4 Å². The van der Waals surface area contributed by atoms with E-state index in [0.717, 1.165) is 5.56 Å². The minimum Gasteiger partial charge on any atom is -0.452 e. The van der Waals surface area contributed by atoms with Crippen LogP contribution in [0.3, 0.4) is 0 Å². The first-order chi connectivity index (χ1) is 11.5. The quantitative estimate of drug-likeness (QED) is 0.860. The van der Waals surface area contributed by atoms with Crippen molar-refractivity contribution in [2.45, 2.75) is 31.2 Å². The Hall–Kier alpha value is -2.84. The molecule has 2 aliphatic rings. The number of nitriles is 1. The molecule has 0 fully saturated rings. The van der Waals surface area contributed by atoms with Gasteiger partial charge in [0.1, 0.15) is 5.75 Å². The van der Waals surface area contributed by atoms with E-state index in [1.165, 1.54) is 0 Å². The van der Waals surface area contributed by atoms with Gasteiger partial charge in [-0.3, -0.25) is 4.79 Å². The van der Waals surface area contributed by atoms with Crippen LogP contribution >= 0.6 is 0 Å². The van der Waals surface area contributed by atoms with Crippen LogP contribution in [-0.4, -0.2) is 10.9 Å². The van der Waals surface area contributed by atoms with E-state index in [9.17, 15) is 9.90 Å². The highest BCUT2D eigenvalue weighted by Crippen LogP contribution is 2.60. The molecule has 0 spiro atoms. The van der Waals surface area contributed by atoms with Gasteiger partial charge < -0.3 is 14.6 Å². The molecule has 0 saturated carbocycles. The molecule has 5 heteroatoms. The lowest BCUT2D eigenvalue weighted by atomic mass is 9.85. The first-order valence-corrected chi connectivity index (χ1v) is 7.73. The average molecular weight is 321 g/mol. The normalized spacial score (nSPS) is 26.4. The molecule has 5 nitrogen and oxygen atoms in total. The lowest BCUT2D eigenvalue weighted by Crippen LogP contribution is -2.50. The van der Waals surface area contributed by atoms with Crippen molar-refractivity contribution in [3.8, 4) is 12.0 Å². The van der Waals surface area contributed by atoms with Crippen molar-refractivity contribution >= 4 is 5.78 Å². The topological polar surface area (TPSA) is 79.6 Å². The molecule has 2 aromatic carbocycles. The first kappa shape index (κ1) is 14.7. The molecule has 120 valence electrons. The highest BCUT2D eigenvalue weighted by molar-refractivity contribution is 6.10. The summed E-state index contributed by atoms with van der Waals surface area (Å²) in [6, 6.07) is 12.0. The van der Waals surface area contributed by atoms with E-state index in [-0.39, 0.29) is 5.92 Å². The number of hydrogen-bond acceptors (Lipinski definition) is 5.